The maximum Gasteiger partial charge on any atom is 0.271 e. The predicted octanol–water partition coefficient (Wildman–Crippen LogP) is 3.57. The number of hydrogen-bond donors (Lipinski definition) is 0. The van der Waals surface area contributed by atoms with Gasteiger partial charge < -0.3 is 9.80 Å². The van der Waals surface area contributed by atoms with Crippen molar-refractivity contribution >= 4 is 23.1 Å². The van der Waals surface area contributed by atoms with E-state index in [1.807, 2.05) is 12.1 Å². The molecule has 0 atom stereocenters. The highest BCUT2D eigenvalue weighted by molar-refractivity contribution is 6.07. The van der Waals surface area contributed by atoms with Crippen LogP contribution in [0.3, 0.4) is 0 Å². The van der Waals surface area contributed by atoms with E-state index in [0.717, 1.165) is 24.5 Å². The Labute approximate surface area is 157 Å². The number of aromatic nitrogens is 1. The quantitative estimate of drug-likeness (QED) is 0.613. The number of nitro groups is 1. The molecule has 3 heterocycles. The zero-order chi connectivity index (χ0) is 18.8. The monoisotopic (exact) mass is 366 g/mol. The Balaban J connectivity index is 1.54. The lowest BCUT2D eigenvalue weighted by Gasteiger charge is -2.22. The van der Waals surface area contributed by atoms with Gasteiger partial charge in [-0.15, -0.1) is 0 Å². The molecule has 0 aliphatic carbocycles. The third-order valence-electron chi connectivity index (χ3n) is 5.35. The van der Waals surface area contributed by atoms with Crippen molar-refractivity contribution in [3.05, 3.63) is 57.8 Å². The summed E-state index contributed by atoms with van der Waals surface area (Å²) in [5, 5.41) is 11.0. The molecule has 0 spiro atoms. The number of non-ortho nitro benzene ring substituents is 1. The Hall–Kier alpha value is -2.96. The van der Waals surface area contributed by atoms with Gasteiger partial charge in [0.2, 0.25) is 0 Å². The number of carbonyl (C=O) groups excluding carboxylic acids is 1. The van der Waals surface area contributed by atoms with Crippen molar-refractivity contribution < 1.29 is 9.72 Å². The van der Waals surface area contributed by atoms with Crippen LogP contribution in [0.4, 0.5) is 17.2 Å². The molecule has 27 heavy (non-hydrogen) atoms. The molecule has 2 aliphatic heterocycles. The molecular formula is C20H22N4O3. The molecule has 0 bridgehead atoms. The molecule has 1 saturated heterocycles. The lowest BCUT2D eigenvalue weighted by molar-refractivity contribution is -0.384. The highest BCUT2D eigenvalue weighted by Gasteiger charge is 2.27. The molecule has 2 aromatic rings. The van der Waals surface area contributed by atoms with Crippen molar-refractivity contribution in [1.29, 1.82) is 0 Å². The molecule has 1 fully saturated rings. The number of benzene rings is 1. The van der Waals surface area contributed by atoms with E-state index >= 15 is 0 Å². The average Bonchev–Trinajstić information content (AvgIpc) is 2.92. The minimum Gasteiger partial charge on any atom is -0.357 e. The molecule has 1 aromatic heterocycles. The van der Waals surface area contributed by atoms with Gasteiger partial charge in [0, 0.05) is 38.0 Å². The van der Waals surface area contributed by atoms with Gasteiger partial charge in [-0.25, -0.2) is 4.98 Å². The Kier molecular flexibility index (Phi) is 4.75. The molecule has 4 rings (SSSR count). The van der Waals surface area contributed by atoms with Crippen molar-refractivity contribution in [2.75, 3.05) is 29.4 Å². The fraction of sp³-hybridized carbons (Fsp3) is 0.400. The maximum absolute atomic E-state index is 12.9. The molecule has 140 valence electrons. The van der Waals surface area contributed by atoms with E-state index in [0.29, 0.717) is 24.2 Å². The van der Waals surface area contributed by atoms with Gasteiger partial charge in [-0.05, 0) is 37.0 Å². The van der Waals surface area contributed by atoms with E-state index < -0.39 is 4.92 Å². The third-order valence-corrected chi connectivity index (χ3v) is 5.35. The van der Waals surface area contributed by atoms with Crippen LogP contribution in [0.15, 0.2) is 36.5 Å². The number of rotatable bonds is 3. The number of hydrogen-bond acceptors (Lipinski definition) is 5. The molecule has 7 nitrogen and oxygen atoms in total. The van der Waals surface area contributed by atoms with Crippen LogP contribution >= 0.6 is 0 Å². The summed E-state index contributed by atoms with van der Waals surface area (Å²) in [7, 11) is 0. The maximum atomic E-state index is 12.9. The first-order valence-electron chi connectivity index (χ1n) is 9.44. The van der Waals surface area contributed by atoms with Gasteiger partial charge in [-0.3, -0.25) is 14.9 Å². The van der Waals surface area contributed by atoms with E-state index in [-0.39, 0.29) is 11.6 Å². The van der Waals surface area contributed by atoms with Gasteiger partial charge in [-0.1, -0.05) is 18.9 Å². The number of nitro benzene ring substituents is 1. The topological polar surface area (TPSA) is 79.6 Å². The lowest BCUT2D eigenvalue weighted by Crippen LogP contribution is -2.29. The van der Waals surface area contributed by atoms with Gasteiger partial charge in [-0.2, -0.15) is 0 Å². The summed E-state index contributed by atoms with van der Waals surface area (Å²) in [6.07, 6.45) is 7.19. The molecule has 7 heteroatoms. The van der Waals surface area contributed by atoms with Crippen molar-refractivity contribution in [3.63, 3.8) is 0 Å². The molecule has 0 saturated carbocycles. The largest absolute Gasteiger partial charge is 0.357 e. The van der Waals surface area contributed by atoms with E-state index in [1.54, 1.807) is 17.2 Å². The SMILES string of the molecule is O=C(c1ccc(N2CCCCCC2)nc1)N1CCc2ccc([N+](=O)[O-])cc21. The summed E-state index contributed by atoms with van der Waals surface area (Å²) in [4.78, 5) is 31.9. The van der Waals surface area contributed by atoms with E-state index in [4.69, 9.17) is 0 Å². The Morgan fingerprint density at radius 2 is 1.81 bits per heavy atom. The van der Waals surface area contributed by atoms with Crippen molar-refractivity contribution in [2.45, 2.75) is 32.1 Å². The van der Waals surface area contributed by atoms with E-state index in [9.17, 15) is 14.9 Å². The van der Waals surface area contributed by atoms with Crippen LogP contribution in [-0.2, 0) is 6.42 Å². The molecule has 2 aliphatic rings. The molecule has 1 aromatic carbocycles. The first kappa shape index (κ1) is 17.5. The van der Waals surface area contributed by atoms with Crippen molar-refractivity contribution in [1.82, 2.24) is 4.98 Å². The van der Waals surface area contributed by atoms with Crippen LogP contribution in [-0.4, -0.2) is 35.4 Å². The fourth-order valence-corrected chi connectivity index (χ4v) is 3.85. The number of fused-ring (bicyclic) bond motifs is 1. The first-order valence-corrected chi connectivity index (χ1v) is 9.44. The minimum atomic E-state index is -0.432. The summed E-state index contributed by atoms with van der Waals surface area (Å²) in [5.74, 6) is 0.745. The summed E-state index contributed by atoms with van der Waals surface area (Å²) >= 11 is 0. The fourth-order valence-electron chi connectivity index (χ4n) is 3.85. The average molecular weight is 366 g/mol. The minimum absolute atomic E-state index is 0.00286. The van der Waals surface area contributed by atoms with Crippen molar-refractivity contribution in [3.8, 4) is 0 Å². The number of nitrogens with zero attached hydrogens (tertiary/aromatic N) is 4. The standard InChI is InChI=1S/C20H22N4O3/c25-20(23-12-9-15-5-7-17(24(26)27)13-18(15)23)16-6-8-19(21-14-16)22-10-3-1-2-4-11-22/h5-8,13-14H,1-4,9-12H2. The van der Waals surface area contributed by atoms with Crippen LogP contribution in [0, 0.1) is 10.1 Å². The number of amides is 1. The molecule has 0 radical (unpaired) electrons. The summed E-state index contributed by atoms with van der Waals surface area (Å²) in [6.45, 7) is 2.54. The highest BCUT2D eigenvalue weighted by atomic mass is 16.6. The molecule has 0 N–H and O–H groups in total. The highest BCUT2D eigenvalue weighted by Crippen LogP contribution is 2.32. The second-order valence-electron chi connectivity index (χ2n) is 7.08. The van der Waals surface area contributed by atoms with Crippen LogP contribution in [0.5, 0.6) is 0 Å². The normalized spacial score (nSPS) is 16.7. The van der Waals surface area contributed by atoms with Crippen LogP contribution < -0.4 is 9.80 Å². The molecule has 1 amide bonds. The van der Waals surface area contributed by atoms with Gasteiger partial charge in [0.05, 0.1) is 16.2 Å². The summed E-state index contributed by atoms with van der Waals surface area (Å²) in [6, 6.07) is 8.43. The zero-order valence-electron chi connectivity index (χ0n) is 15.1. The first-order chi connectivity index (χ1) is 13.1. The second kappa shape index (κ2) is 7.34. The van der Waals surface area contributed by atoms with Crippen LogP contribution in [0.25, 0.3) is 0 Å². The van der Waals surface area contributed by atoms with Crippen LogP contribution in [0.2, 0.25) is 0 Å². The zero-order valence-corrected chi connectivity index (χ0v) is 15.1. The van der Waals surface area contributed by atoms with Gasteiger partial charge in [0.15, 0.2) is 0 Å². The lowest BCUT2D eigenvalue weighted by atomic mass is 10.1. The van der Waals surface area contributed by atoms with E-state index in [1.165, 1.54) is 37.8 Å². The predicted molar refractivity (Wildman–Crippen MR) is 103 cm³/mol. The smallest absolute Gasteiger partial charge is 0.271 e. The van der Waals surface area contributed by atoms with Crippen molar-refractivity contribution in [2.24, 2.45) is 0 Å². The molecular weight excluding hydrogens is 344 g/mol. The summed E-state index contributed by atoms with van der Waals surface area (Å²) in [5.41, 5.74) is 2.10. The number of anilines is 2. The number of pyridine rings is 1. The van der Waals surface area contributed by atoms with Crippen LogP contribution in [0.1, 0.15) is 41.6 Å². The van der Waals surface area contributed by atoms with Gasteiger partial charge in [0.1, 0.15) is 5.82 Å². The Morgan fingerprint density at radius 3 is 2.48 bits per heavy atom. The summed E-state index contributed by atoms with van der Waals surface area (Å²) < 4.78 is 0. The van der Waals surface area contributed by atoms with E-state index in [2.05, 4.69) is 9.88 Å². The second-order valence-corrected chi connectivity index (χ2v) is 7.08. The Bertz CT molecular complexity index is 858. The number of carbonyl (C=O) groups is 1. The molecule has 0 unspecified atom stereocenters. The van der Waals surface area contributed by atoms with Gasteiger partial charge >= 0.3 is 0 Å². The Morgan fingerprint density at radius 1 is 1.04 bits per heavy atom. The third kappa shape index (κ3) is 3.49. The van der Waals surface area contributed by atoms with Gasteiger partial charge in [0.25, 0.3) is 11.6 Å².